The van der Waals surface area contributed by atoms with Crippen LogP contribution in [0.25, 0.3) is 5.76 Å². The molecule has 1 aliphatic rings. The number of amides is 1. The quantitative estimate of drug-likeness (QED) is 0.179. The number of hydrogen-bond donors (Lipinski definition) is 1. The third kappa shape index (κ3) is 4.38. The van der Waals surface area contributed by atoms with Crippen molar-refractivity contribution in [2.45, 2.75) is 19.0 Å². The number of imidazole rings is 1. The molecular formula is C24H22N4O6. The van der Waals surface area contributed by atoms with Crippen LogP contribution in [0.2, 0.25) is 0 Å². The van der Waals surface area contributed by atoms with Crippen LogP contribution >= 0.6 is 0 Å². The summed E-state index contributed by atoms with van der Waals surface area (Å²) in [4.78, 5) is 42.3. The van der Waals surface area contributed by atoms with Gasteiger partial charge in [-0.25, -0.2) is 4.98 Å². The van der Waals surface area contributed by atoms with E-state index in [9.17, 15) is 24.8 Å². The zero-order chi connectivity index (χ0) is 24.2. The maximum Gasteiger partial charge on any atom is 0.295 e. The van der Waals surface area contributed by atoms with Crippen molar-refractivity contribution < 1.29 is 24.4 Å². The van der Waals surface area contributed by atoms with Crippen molar-refractivity contribution in [2.24, 2.45) is 0 Å². The van der Waals surface area contributed by atoms with E-state index < -0.39 is 22.7 Å². The summed E-state index contributed by atoms with van der Waals surface area (Å²) >= 11 is 0. The zero-order valence-electron chi connectivity index (χ0n) is 18.3. The van der Waals surface area contributed by atoms with Crippen LogP contribution in [0.1, 0.15) is 23.6 Å². The average molecular weight is 462 g/mol. The number of aryl methyl sites for hydroxylation is 1. The number of benzene rings is 2. The Morgan fingerprint density at radius 1 is 1.18 bits per heavy atom. The Hall–Kier alpha value is -4.47. The number of non-ortho nitro benzene ring substituents is 1. The van der Waals surface area contributed by atoms with E-state index in [1.807, 2.05) is 4.57 Å². The highest BCUT2D eigenvalue weighted by atomic mass is 16.6. The second-order valence-electron chi connectivity index (χ2n) is 7.73. The Morgan fingerprint density at radius 2 is 1.97 bits per heavy atom. The van der Waals surface area contributed by atoms with Gasteiger partial charge in [-0.3, -0.25) is 19.7 Å². The van der Waals surface area contributed by atoms with Crippen LogP contribution in [0.4, 0.5) is 5.69 Å². The van der Waals surface area contributed by atoms with Crippen molar-refractivity contribution in [2.75, 3.05) is 13.7 Å². The first kappa shape index (κ1) is 22.7. The standard InChI is InChI=1S/C24H22N4O6/c1-34-19-8-3-6-17(14-19)22(29)20-21(16-5-2-7-18(13-16)28(32)33)27(24(31)23(20)30)11-4-10-26-12-9-25-15-26/h2-3,5-9,12-15,21,29H,4,10-11H2,1H3. The number of Topliss-reactive ketones (excluding diaryl/α,β-unsaturated/α-hetero) is 1. The lowest BCUT2D eigenvalue weighted by atomic mass is 9.95. The lowest BCUT2D eigenvalue weighted by Crippen LogP contribution is -2.31. The molecule has 0 spiro atoms. The highest BCUT2D eigenvalue weighted by Gasteiger charge is 2.46. The molecule has 34 heavy (non-hydrogen) atoms. The number of ketones is 1. The number of methoxy groups -OCH3 is 1. The van der Waals surface area contributed by atoms with Crippen LogP contribution in [0.5, 0.6) is 5.75 Å². The molecule has 10 heteroatoms. The van der Waals surface area contributed by atoms with Crippen LogP contribution in [-0.4, -0.2) is 49.8 Å². The van der Waals surface area contributed by atoms with Gasteiger partial charge in [-0.1, -0.05) is 24.3 Å². The van der Waals surface area contributed by atoms with E-state index >= 15 is 0 Å². The average Bonchev–Trinajstić information content (AvgIpc) is 3.46. The largest absolute Gasteiger partial charge is 0.507 e. The third-order valence-corrected chi connectivity index (χ3v) is 5.65. The lowest BCUT2D eigenvalue weighted by Gasteiger charge is -2.25. The lowest BCUT2D eigenvalue weighted by molar-refractivity contribution is -0.384. The van der Waals surface area contributed by atoms with Crippen molar-refractivity contribution in [1.29, 1.82) is 0 Å². The molecule has 174 valence electrons. The molecule has 1 fully saturated rings. The number of nitrogens with zero attached hydrogens (tertiary/aromatic N) is 4. The highest BCUT2D eigenvalue weighted by molar-refractivity contribution is 6.46. The number of hydrogen-bond acceptors (Lipinski definition) is 7. The number of aromatic nitrogens is 2. The topological polar surface area (TPSA) is 128 Å². The Morgan fingerprint density at radius 3 is 2.68 bits per heavy atom. The molecule has 10 nitrogen and oxygen atoms in total. The molecule has 0 radical (unpaired) electrons. The monoisotopic (exact) mass is 462 g/mol. The van der Waals surface area contributed by atoms with Gasteiger partial charge < -0.3 is 19.3 Å². The summed E-state index contributed by atoms with van der Waals surface area (Å²) < 4.78 is 7.04. The Bertz CT molecular complexity index is 1270. The van der Waals surface area contributed by atoms with Crippen molar-refractivity contribution >= 4 is 23.1 Å². The molecule has 1 aromatic heterocycles. The summed E-state index contributed by atoms with van der Waals surface area (Å²) in [5.41, 5.74) is 0.357. The van der Waals surface area contributed by atoms with Gasteiger partial charge >= 0.3 is 0 Å². The first-order chi connectivity index (χ1) is 16.4. The van der Waals surface area contributed by atoms with E-state index in [2.05, 4.69) is 4.98 Å². The maximum atomic E-state index is 13.1. The van der Waals surface area contributed by atoms with Crippen molar-refractivity contribution in [3.8, 4) is 5.75 Å². The molecule has 1 aliphatic heterocycles. The van der Waals surface area contributed by atoms with E-state index in [1.54, 1.807) is 49.1 Å². The van der Waals surface area contributed by atoms with Crippen LogP contribution in [-0.2, 0) is 16.1 Å². The molecule has 4 rings (SSSR count). The minimum atomic E-state index is -0.978. The van der Waals surface area contributed by atoms with Crippen LogP contribution < -0.4 is 4.74 Å². The fraction of sp³-hybridized carbons (Fsp3) is 0.208. The van der Waals surface area contributed by atoms with E-state index in [4.69, 9.17) is 4.74 Å². The minimum Gasteiger partial charge on any atom is -0.507 e. The molecular weight excluding hydrogens is 440 g/mol. The van der Waals surface area contributed by atoms with Gasteiger partial charge in [0.25, 0.3) is 17.4 Å². The van der Waals surface area contributed by atoms with E-state index in [0.29, 0.717) is 29.8 Å². The number of aliphatic hydroxyl groups excluding tert-OH is 1. The number of nitro benzene ring substituents is 1. The SMILES string of the molecule is COc1cccc(C(O)=C2C(=O)C(=O)N(CCCn3ccnc3)C2c2cccc([N+](=O)[O-])c2)c1. The molecule has 2 aromatic carbocycles. The van der Waals surface area contributed by atoms with Crippen LogP contribution in [0.15, 0.2) is 72.8 Å². The maximum absolute atomic E-state index is 13.1. The van der Waals surface area contributed by atoms with Gasteiger partial charge in [0.05, 0.1) is 30.0 Å². The number of aliphatic hydroxyl groups is 1. The molecule has 1 N–H and O–H groups in total. The summed E-state index contributed by atoms with van der Waals surface area (Å²) in [5, 5.41) is 22.5. The van der Waals surface area contributed by atoms with Gasteiger partial charge in [-0.15, -0.1) is 0 Å². The second kappa shape index (κ2) is 9.57. The third-order valence-electron chi connectivity index (χ3n) is 5.65. The molecule has 0 saturated carbocycles. The second-order valence-corrected chi connectivity index (χ2v) is 7.73. The number of likely N-dealkylation sites (tertiary alicyclic amines) is 1. The number of ether oxygens (including phenoxy) is 1. The van der Waals surface area contributed by atoms with Crippen molar-refractivity contribution in [1.82, 2.24) is 14.5 Å². The minimum absolute atomic E-state index is 0.124. The fourth-order valence-electron chi connectivity index (χ4n) is 4.03. The van der Waals surface area contributed by atoms with E-state index in [1.165, 1.54) is 30.2 Å². The molecule has 1 saturated heterocycles. The summed E-state index contributed by atoms with van der Waals surface area (Å²) in [7, 11) is 1.47. The fourth-order valence-corrected chi connectivity index (χ4v) is 4.03. The number of carbonyl (C=O) groups is 2. The molecule has 3 aromatic rings. The van der Waals surface area contributed by atoms with Gasteiger partial charge in [0.15, 0.2) is 0 Å². The van der Waals surface area contributed by atoms with Gasteiger partial charge in [-0.2, -0.15) is 0 Å². The number of carbonyl (C=O) groups excluding carboxylic acids is 2. The summed E-state index contributed by atoms with van der Waals surface area (Å²) in [6.07, 6.45) is 5.58. The van der Waals surface area contributed by atoms with E-state index in [-0.39, 0.29) is 23.6 Å². The first-order valence-electron chi connectivity index (χ1n) is 10.5. The smallest absolute Gasteiger partial charge is 0.295 e. The molecule has 0 bridgehead atoms. The predicted molar refractivity (Wildman–Crippen MR) is 122 cm³/mol. The number of rotatable bonds is 8. The highest BCUT2D eigenvalue weighted by Crippen LogP contribution is 2.40. The Labute approximate surface area is 194 Å². The number of nitro groups is 1. The van der Waals surface area contributed by atoms with Gasteiger partial charge in [0.2, 0.25) is 0 Å². The summed E-state index contributed by atoms with van der Waals surface area (Å²) in [5.74, 6) is -1.53. The van der Waals surface area contributed by atoms with Gasteiger partial charge in [0, 0.05) is 43.2 Å². The molecule has 1 atom stereocenters. The summed E-state index contributed by atoms with van der Waals surface area (Å²) in [6.45, 7) is 0.756. The van der Waals surface area contributed by atoms with Crippen LogP contribution in [0.3, 0.4) is 0 Å². The summed E-state index contributed by atoms with van der Waals surface area (Å²) in [6, 6.07) is 11.2. The van der Waals surface area contributed by atoms with Crippen molar-refractivity contribution in [3.63, 3.8) is 0 Å². The normalized spacial score (nSPS) is 17.2. The van der Waals surface area contributed by atoms with Crippen molar-refractivity contribution in [3.05, 3.63) is 94.1 Å². The van der Waals surface area contributed by atoms with Gasteiger partial charge in [-0.05, 0) is 24.1 Å². The van der Waals surface area contributed by atoms with Crippen LogP contribution in [0, 0.1) is 10.1 Å². The predicted octanol–water partition coefficient (Wildman–Crippen LogP) is 3.31. The van der Waals surface area contributed by atoms with Gasteiger partial charge in [0.1, 0.15) is 11.5 Å². The first-order valence-corrected chi connectivity index (χ1v) is 10.5. The molecule has 1 unspecified atom stereocenters. The molecule has 2 heterocycles. The Balaban J connectivity index is 1.78. The zero-order valence-corrected chi connectivity index (χ0v) is 18.3. The molecule has 1 amide bonds. The molecule has 0 aliphatic carbocycles. The Kier molecular flexibility index (Phi) is 6.39. The van der Waals surface area contributed by atoms with E-state index in [0.717, 1.165) is 0 Å².